The zero-order chi connectivity index (χ0) is 19.4. The van der Waals surface area contributed by atoms with Gasteiger partial charge >= 0.3 is 10.2 Å². The van der Waals surface area contributed by atoms with Gasteiger partial charge in [0.15, 0.2) is 0 Å². The van der Waals surface area contributed by atoms with Gasteiger partial charge in [0.1, 0.15) is 0 Å². The molecule has 6 nitrogen and oxygen atoms in total. The molecule has 1 saturated carbocycles. The molecule has 27 heavy (non-hydrogen) atoms. The zero-order valence-electron chi connectivity index (χ0n) is 14.4. The minimum Gasteiger partial charge on any atom is -0.326 e. The summed E-state index contributed by atoms with van der Waals surface area (Å²) in [6.45, 7) is 0. The second kappa shape index (κ2) is 7.87. The zero-order valence-corrected chi connectivity index (χ0v) is 15.3. The van der Waals surface area contributed by atoms with Gasteiger partial charge in [-0.15, -0.1) is 3.89 Å². The molecule has 0 aromatic heterocycles. The summed E-state index contributed by atoms with van der Waals surface area (Å²) in [5.41, 5.74) is 1.12. The van der Waals surface area contributed by atoms with E-state index in [9.17, 15) is 21.9 Å². The van der Waals surface area contributed by atoms with Gasteiger partial charge in [0.25, 0.3) is 5.91 Å². The number of carbonyl (C=O) groups excluding carboxylic acids is 2. The molecule has 1 aliphatic rings. The molecular formula is C19H19FN2O4S. The maximum absolute atomic E-state index is 13.1. The molecule has 2 aromatic rings. The van der Waals surface area contributed by atoms with Crippen molar-refractivity contribution in [2.24, 2.45) is 5.92 Å². The molecule has 0 heterocycles. The van der Waals surface area contributed by atoms with Crippen molar-refractivity contribution in [1.29, 1.82) is 0 Å². The Labute approximate surface area is 157 Å². The Hall–Kier alpha value is -2.74. The predicted octanol–water partition coefficient (Wildman–Crippen LogP) is 3.73. The molecule has 0 bridgehead atoms. The van der Waals surface area contributed by atoms with Crippen LogP contribution in [0.3, 0.4) is 0 Å². The summed E-state index contributed by atoms with van der Waals surface area (Å²) in [6.07, 6.45) is 3.98. The van der Waals surface area contributed by atoms with Crippen molar-refractivity contribution in [3.8, 4) is 0 Å². The molecule has 0 aliphatic heterocycles. The first-order valence-corrected chi connectivity index (χ1v) is 9.98. The number of nitrogens with one attached hydrogen (secondary N) is 2. The van der Waals surface area contributed by atoms with Crippen LogP contribution >= 0.6 is 0 Å². The lowest BCUT2D eigenvalue weighted by molar-refractivity contribution is -0.119. The highest BCUT2D eigenvalue weighted by Crippen LogP contribution is 2.26. The van der Waals surface area contributed by atoms with Gasteiger partial charge < -0.3 is 10.6 Å². The maximum Gasteiger partial charge on any atom is 0.332 e. The molecule has 2 N–H and O–H groups in total. The highest BCUT2D eigenvalue weighted by atomic mass is 32.3. The summed E-state index contributed by atoms with van der Waals surface area (Å²) in [5, 5.41) is 5.46. The van der Waals surface area contributed by atoms with Gasteiger partial charge in [-0.05, 0) is 55.3 Å². The first kappa shape index (κ1) is 19.0. The number of amides is 2. The highest BCUT2D eigenvalue weighted by molar-refractivity contribution is 7.86. The second-order valence-electron chi connectivity index (χ2n) is 6.47. The van der Waals surface area contributed by atoms with Crippen molar-refractivity contribution >= 4 is 33.4 Å². The standard InChI is InChI=1S/C19H19FN2O4S/c20-27(25,26)17-7-3-6-14(12-17)19(24)22-16-10-8-15(9-11-16)21-18(23)13-4-1-2-5-13/h3,6-13H,1-2,4-5H2,(H,21,23)(H,22,24). The van der Waals surface area contributed by atoms with Crippen LogP contribution in [-0.4, -0.2) is 20.2 Å². The van der Waals surface area contributed by atoms with Crippen molar-refractivity contribution in [2.75, 3.05) is 10.6 Å². The van der Waals surface area contributed by atoms with E-state index >= 15 is 0 Å². The molecule has 142 valence electrons. The second-order valence-corrected chi connectivity index (χ2v) is 7.81. The van der Waals surface area contributed by atoms with Crippen LogP contribution in [0.4, 0.5) is 15.3 Å². The van der Waals surface area contributed by atoms with Gasteiger partial charge in [-0.1, -0.05) is 18.9 Å². The Bertz CT molecular complexity index is 952. The van der Waals surface area contributed by atoms with E-state index in [0.717, 1.165) is 37.8 Å². The molecule has 0 spiro atoms. The topological polar surface area (TPSA) is 92.3 Å². The van der Waals surface area contributed by atoms with E-state index in [4.69, 9.17) is 0 Å². The molecule has 2 aromatic carbocycles. The molecular weight excluding hydrogens is 371 g/mol. The van der Waals surface area contributed by atoms with E-state index in [-0.39, 0.29) is 17.4 Å². The fourth-order valence-electron chi connectivity index (χ4n) is 3.06. The lowest BCUT2D eigenvalue weighted by Crippen LogP contribution is -2.20. The lowest BCUT2D eigenvalue weighted by Gasteiger charge is -2.11. The van der Waals surface area contributed by atoms with Crippen molar-refractivity contribution < 1.29 is 21.9 Å². The number of halogens is 1. The molecule has 1 aliphatic carbocycles. The smallest absolute Gasteiger partial charge is 0.326 e. The Morgan fingerprint density at radius 1 is 0.926 bits per heavy atom. The van der Waals surface area contributed by atoms with E-state index < -0.39 is 21.0 Å². The summed E-state index contributed by atoms with van der Waals surface area (Å²) >= 11 is 0. The minimum absolute atomic E-state index is 0.00790. The first-order chi connectivity index (χ1) is 12.8. The van der Waals surface area contributed by atoms with E-state index in [2.05, 4.69) is 10.6 Å². The number of benzene rings is 2. The SMILES string of the molecule is O=C(Nc1ccc(NC(=O)C2CCCC2)cc1)c1cccc(S(=O)(=O)F)c1. The van der Waals surface area contributed by atoms with Gasteiger partial charge in [-0.3, -0.25) is 9.59 Å². The van der Waals surface area contributed by atoms with Crippen LogP contribution in [-0.2, 0) is 15.0 Å². The summed E-state index contributed by atoms with van der Waals surface area (Å²) < 4.78 is 35.0. The van der Waals surface area contributed by atoms with E-state index in [1.165, 1.54) is 12.1 Å². The van der Waals surface area contributed by atoms with Crippen molar-refractivity contribution in [2.45, 2.75) is 30.6 Å². The van der Waals surface area contributed by atoms with Crippen LogP contribution in [0.15, 0.2) is 53.4 Å². The Kier molecular flexibility index (Phi) is 5.55. The molecule has 0 radical (unpaired) electrons. The van der Waals surface area contributed by atoms with Crippen molar-refractivity contribution in [1.82, 2.24) is 0 Å². The van der Waals surface area contributed by atoms with Gasteiger partial charge in [-0.25, -0.2) is 0 Å². The molecule has 0 atom stereocenters. The number of hydrogen-bond acceptors (Lipinski definition) is 4. The van der Waals surface area contributed by atoms with E-state index in [1.807, 2.05) is 0 Å². The van der Waals surface area contributed by atoms with Crippen molar-refractivity contribution in [3.63, 3.8) is 0 Å². The third kappa shape index (κ3) is 4.91. The lowest BCUT2D eigenvalue weighted by atomic mass is 10.1. The Balaban J connectivity index is 1.64. The average molecular weight is 390 g/mol. The summed E-state index contributed by atoms with van der Waals surface area (Å²) in [7, 11) is -4.88. The largest absolute Gasteiger partial charge is 0.332 e. The monoisotopic (exact) mass is 390 g/mol. The molecule has 1 fully saturated rings. The summed E-state index contributed by atoms with van der Waals surface area (Å²) in [4.78, 5) is 23.8. The maximum atomic E-state index is 13.1. The fraction of sp³-hybridized carbons (Fsp3) is 0.263. The normalized spacial score (nSPS) is 14.7. The van der Waals surface area contributed by atoms with Crippen LogP contribution in [0.2, 0.25) is 0 Å². The van der Waals surface area contributed by atoms with Crippen LogP contribution in [0.5, 0.6) is 0 Å². The highest BCUT2D eigenvalue weighted by Gasteiger charge is 2.22. The van der Waals surface area contributed by atoms with Crippen LogP contribution in [0.25, 0.3) is 0 Å². The number of rotatable bonds is 5. The quantitative estimate of drug-likeness (QED) is 0.761. The van der Waals surface area contributed by atoms with Crippen LogP contribution in [0.1, 0.15) is 36.0 Å². The van der Waals surface area contributed by atoms with Gasteiger partial charge in [-0.2, -0.15) is 8.42 Å². The van der Waals surface area contributed by atoms with Gasteiger partial charge in [0, 0.05) is 22.9 Å². The molecule has 0 saturated heterocycles. The minimum atomic E-state index is -4.88. The van der Waals surface area contributed by atoms with Gasteiger partial charge in [0.2, 0.25) is 5.91 Å². The third-order valence-corrected chi connectivity index (χ3v) is 5.33. The van der Waals surface area contributed by atoms with Gasteiger partial charge in [0.05, 0.1) is 4.90 Å². The van der Waals surface area contributed by atoms with Crippen LogP contribution in [0, 0.1) is 5.92 Å². The third-order valence-electron chi connectivity index (χ3n) is 4.51. The Morgan fingerprint density at radius 2 is 1.52 bits per heavy atom. The first-order valence-electron chi connectivity index (χ1n) is 8.60. The number of carbonyl (C=O) groups is 2. The van der Waals surface area contributed by atoms with Crippen molar-refractivity contribution in [3.05, 3.63) is 54.1 Å². The number of hydrogen-bond donors (Lipinski definition) is 2. The fourth-order valence-corrected chi connectivity index (χ4v) is 3.57. The predicted molar refractivity (Wildman–Crippen MR) is 99.7 cm³/mol. The van der Waals surface area contributed by atoms with Crippen LogP contribution < -0.4 is 10.6 Å². The molecule has 2 amide bonds. The average Bonchev–Trinajstić information content (AvgIpc) is 3.17. The summed E-state index contributed by atoms with van der Waals surface area (Å²) in [5.74, 6) is -0.500. The molecule has 3 rings (SSSR count). The summed E-state index contributed by atoms with van der Waals surface area (Å²) in [6, 6.07) is 11.3. The molecule has 8 heteroatoms. The molecule has 0 unspecified atom stereocenters. The Morgan fingerprint density at radius 3 is 2.11 bits per heavy atom. The van der Waals surface area contributed by atoms with E-state index in [1.54, 1.807) is 24.3 Å². The number of anilines is 2. The van der Waals surface area contributed by atoms with E-state index in [0.29, 0.717) is 11.4 Å².